The fraction of sp³-hybridized carbons (Fsp3) is 1.00. The van der Waals surface area contributed by atoms with Crippen LogP contribution in [0.5, 0.6) is 0 Å². The zero-order valence-corrected chi connectivity index (χ0v) is 9.33. The molecule has 1 saturated carbocycles. The molecule has 2 heteroatoms. The maximum atomic E-state index is 3.49. The maximum absolute atomic E-state index is 3.49. The van der Waals surface area contributed by atoms with Crippen molar-refractivity contribution in [2.45, 2.75) is 25.7 Å². The second kappa shape index (κ2) is 4.76. The highest BCUT2D eigenvalue weighted by atomic mass is 79.9. The van der Waals surface area contributed by atoms with Crippen molar-refractivity contribution in [2.24, 2.45) is 11.8 Å². The van der Waals surface area contributed by atoms with Crippen LogP contribution in [0.3, 0.4) is 0 Å². The summed E-state index contributed by atoms with van der Waals surface area (Å²) < 4.78 is 0. The van der Waals surface area contributed by atoms with Gasteiger partial charge in [0.05, 0.1) is 0 Å². The molecule has 0 amide bonds. The zero-order chi connectivity index (χ0) is 7.40. The van der Waals surface area contributed by atoms with Gasteiger partial charge >= 0.3 is 0 Å². The van der Waals surface area contributed by atoms with Crippen LogP contribution in [0.4, 0.5) is 0 Å². The second-order valence-electron chi connectivity index (χ2n) is 3.05. The van der Waals surface area contributed by atoms with E-state index < -0.39 is 0 Å². The lowest BCUT2D eigenvalue weighted by molar-refractivity contribution is 0.168. The van der Waals surface area contributed by atoms with Crippen molar-refractivity contribution in [3.63, 3.8) is 0 Å². The molecule has 0 aliphatic heterocycles. The Morgan fingerprint density at radius 3 is 1.50 bits per heavy atom. The van der Waals surface area contributed by atoms with Crippen molar-refractivity contribution in [3.05, 3.63) is 0 Å². The minimum absolute atomic E-state index is 1.04. The fourth-order valence-electron chi connectivity index (χ4n) is 1.68. The summed E-state index contributed by atoms with van der Waals surface area (Å²) in [6, 6.07) is 0. The Bertz CT molecular complexity index is 81.3. The van der Waals surface area contributed by atoms with Gasteiger partial charge in [-0.2, -0.15) is 0 Å². The summed E-state index contributed by atoms with van der Waals surface area (Å²) in [6.07, 6.45) is 5.72. The molecule has 0 aromatic rings. The Morgan fingerprint density at radius 2 is 1.30 bits per heavy atom. The van der Waals surface area contributed by atoms with Gasteiger partial charge < -0.3 is 0 Å². The van der Waals surface area contributed by atoms with Crippen LogP contribution in [0, 0.1) is 11.8 Å². The molecule has 1 rings (SSSR count). The summed E-state index contributed by atoms with van der Waals surface area (Å²) >= 11 is 6.98. The Labute approximate surface area is 80.0 Å². The van der Waals surface area contributed by atoms with E-state index in [1.165, 1.54) is 36.3 Å². The van der Waals surface area contributed by atoms with Crippen LogP contribution < -0.4 is 0 Å². The molecule has 1 aliphatic carbocycles. The van der Waals surface area contributed by atoms with Gasteiger partial charge in [0.2, 0.25) is 0 Å². The molecule has 0 aromatic heterocycles. The first-order valence-electron chi connectivity index (χ1n) is 4.00. The second-order valence-corrected chi connectivity index (χ2v) is 4.64. The van der Waals surface area contributed by atoms with Gasteiger partial charge in [0.15, 0.2) is 0 Å². The number of hydrogen-bond donors (Lipinski definition) is 0. The van der Waals surface area contributed by atoms with Crippen molar-refractivity contribution in [2.75, 3.05) is 10.7 Å². The van der Waals surface area contributed by atoms with Gasteiger partial charge in [0.1, 0.15) is 0 Å². The molecule has 0 saturated heterocycles. The van der Waals surface area contributed by atoms with Crippen LogP contribution in [-0.4, -0.2) is 10.7 Å². The predicted molar refractivity (Wildman–Crippen MR) is 53.0 cm³/mol. The average Bonchev–Trinajstić information content (AvgIpc) is 1.93. The molecule has 0 bridgehead atoms. The Morgan fingerprint density at radius 1 is 0.900 bits per heavy atom. The van der Waals surface area contributed by atoms with Crippen LogP contribution in [-0.2, 0) is 0 Å². The van der Waals surface area contributed by atoms with E-state index in [1.54, 1.807) is 0 Å². The molecule has 0 aromatic carbocycles. The van der Waals surface area contributed by atoms with Gasteiger partial charge in [-0.3, -0.25) is 0 Å². The van der Waals surface area contributed by atoms with Gasteiger partial charge in [-0.1, -0.05) is 31.9 Å². The average molecular weight is 270 g/mol. The molecule has 0 heterocycles. The highest BCUT2D eigenvalue weighted by molar-refractivity contribution is 9.09. The SMILES string of the molecule is BrCCC1CCC1CCBr. The fourth-order valence-corrected chi connectivity index (χ4v) is 2.85. The lowest BCUT2D eigenvalue weighted by atomic mass is 9.71. The van der Waals surface area contributed by atoms with Crippen molar-refractivity contribution in [1.29, 1.82) is 0 Å². The van der Waals surface area contributed by atoms with E-state index in [-0.39, 0.29) is 0 Å². The van der Waals surface area contributed by atoms with Crippen molar-refractivity contribution in [3.8, 4) is 0 Å². The molecule has 10 heavy (non-hydrogen) atoms. The van der Waals surface area contributed by atoms with E-state index in [4.69, 9.17) is 0 Å². The highest BCUT2D eigenvalue weighted by Gasteiger charge is 2.28. The third-order valence-electron chi connectivity index (χ3n) is 2.53. The van der Waals surface area contributed by atoms with E-state index >= 15 is 0 Å². The molecular formula is C8H14Br2. The van der Waals surface area contributed by atoms with Crippen molar-refractivity contribution in [1.82, 2.24) is 0 Å². The van der Waals surface area contributed by atoms with Crippen LogP contribution in [0.1, 0.15) is 25.7 Å². The molecule has 0 N–H and O–H groups in total. The summed E-state index contributed by atoms with van der Waals surface area (Å²) in [5.41, 5.74) is 0. The molecule has 0 nitrogen and oxygen atoms in total. The first-order chi connectivity index (χ1) is 4.88. The minimum Gasteiger partial charge on any atom is -0.0928 e. The molecule has 2 atom stereocenters. The van der Waals surface area contributed by atoms with Gasteiger partial charge in [-0.05, 0) is 37.5 Å². The van der Waals surface area contributed by atoms with Crippen molar-refractivity contribution >= 4 is 31.9 Å². The van der Waals surface area contributed by atoms with Crippen LogP contribution in [0.15, 0.2) is 0 Å². The summed E-state index contributed by atoms with van der Waals surface area (Å²) in [6.45, 7) is 0. The van der Waals surface area contributed by atoms with E-state index in [9.17, 15) is 0 Å². The Hall–Kier alpha value is 0.960. The molecular weight excluding hydrogens is 256 g/mol. The van der Waals surface area contributed by atoms with E-state index in [1.807, 2.05) is 0 Å². The smallest absolute Gasteiger partial charge is 0.00340 e. The van der Waals surface area contributed by atoms with Crippen LogP contribution in [0.25, 0.3) is 0 Å². The standard InChI is InChI=1S/C8H14Br2/c9-5-3-7-1-2-8(7)4-6-10/h7-8H,1-6H2. The number of rotatable bonds is 4. The van der Waals surface area contributed by atoms with Crippen molar-refractivity contribution < 1.29 is 0 Å². The summed E-state index contributed by atoms with van der Waals surface area (Å²) in [5.74, 6) is 2.08. The van der Waals surface area contributed by atoms with Gasteiger partial charge in [0, 0.05) is 10.7 Å². The third-order valence-corrected chi connectivity index (χ3v) is 3.45. The Kier molecular flexibility index (Phi) is 4.31. The van der Waals surface area contributed by atoms with Gasteiger partial charge in [-0.15, -0.1) is 0 Å². The predicted octanol–water partition coefficient (Wildman–Crippen LogP) is 3.58. The van der Waals surface area contributed by atoms with Crippen LogP contribution in [0.2, 0.25) is 0 Å². The van der Waals surface area contributed by atoms with E-state index in [0.29, 0.717) is 0 Å². The van der Waals surface area contributed by atoms with E-state index in [2.05, 4.69) is 31.9 Å². The normalized spacial score (nSPS) is 31.8. The summed E-state index contributed by atoms with van der Waals surface area (Å²) in [7, 11) is 0. The molecule has 1 fully saturated rings. The van der Waals surface area contributed by atoms with E-state index in [0.717, 1.165) is 11.8 Å². The maximum Gasteiger partial charge on any atom is 0.00340 e. The first-order valence-corrected chi connectivity index (χ1v) is 6.24. The monoisotopic (exact) mass is 268 g/mol. The number of alkyl halides is 2. The zero-order valence-electron chi connectivity index (χ0n) is 6.15. The first kappa shape index (κ1) is 9.05. The third kappa shape index (κ3) is 2.23. The molecule has 0 spiro atoms. The molecule has 60 valence electrons. The largest absolute Gasteiger partial charge is 0.0928 e. The molecule has 0 radical (unpaired) electrons. The molecule has 1 aliphatic rings. The minimum atomic E-state index is 1.04. The lowest BCUT2D eigenvalue weighted by Gasteiger charge is -2.36. The number of hydrogen-bond acceptors (Lipinski definition) is 0. The summed E-state index contributed by atoms with van der Waals surface area (Å²) in [4.78, 5) is 0. The quantitative estimate of drug-likeness (QED) is 0.685. The van der Waals surface area contributed by atoms with Crippen LogP contribution >= 0.6 is 31.9 Å². The number of halogens is 2. The summed E-state index contributed by atoms with van der Waals surface area (Å²) in [5, 5.41) is 2.38. The van der Waals surface area contributed by atoms with Gasteiger partial charge in [0.25, 0.3) is 0 Å². The molecule has 2 unspecified atom stereocenters. The lowest BCUT2D eigenvalue weighted by Crippen LogP contribution is -2.26. The highest BCUT2D eigenvalue weighted by Crippen LogP contribution is 2.39. The Balaban J connectivity index is 2.09. The van der Waals surface area contributed by atoms with Gasteiger partial charge in [-0.25, -0.2) is 0 Å². The topological polar surface area (TPSA) is 0 Å².